The average molecular weight is 361 g/mol. The van der Waals surface area contributed by atoms with Crippen LogP contribution >= 0.6 is 0 Å². The molecule has 10 heteroatoms. The van der Waals surface area contributed by atoms with E-state index in [2.05, 4.69) is 9.97 Å². The molecule has 1 amide bonds. The minimum Gasteiger partial charge on any atom is -0.465 e. The van der Waals surface area contributed by atoms with E-state index in [1.54, 1.807) is 6.92 Å². The molecule has 0 bridgehead atoms. The number of nitrogens with one attached hydrogen (secondary N) is 1. The van der Waals surface area contributed by atoms with Crippen LogP contribution < -0.4 is 21.9 Å². The Kier molecular flexibility index (Phi) is 4.43. The van der Waals surface area contributed by atoms with Crippen LogP contribution in [0.2, 0.25) is 0 Å². The molecule has 0 spiro atoms. The zero-order chi connectivity index (χ0) is 19.0. The van der Waals surface area contributed by atoms with Gasteiger partial charge in [-0.3, -0.25) is 24.3 Å². The monoisotopic (exact) mass is 361 g/mol. The molecule has 1 aliphatic rings. The third kappa shape index (κ3) is 2.80. The molecule has 0 radical (unpaired) electrons. The normalized spacial score (nSPS) is 19.2. The maximum Gasteiger partial charge on any atom is 0.320 e. The van der Waals surface area contributed by atoms with Gasteiger partial charge in [-0.15, -0.1) is 0 Å². The molecule has 2 heterocycles. The highest BCUT2D eigenvalue weighted by atomic mass is 19.1. The van der Waals surface area contributed by atoms with Gasteiger partial charge >= 0.3 is 5.97 Å². The summed E-state index contributed by atoms with van der Waals surface area (Å²) in [6.45, 7) is 1.62. The van der Waals surface area contributed by atoms with Crippen LogP contribution in [-0.2, 0) is 14.3 Å². The molecule has 5 N–H and O–H groups in total. The summed E-state index contributed by atoms with van der Waals surface area (Å²) in [6.07, 6.45) is 0. The van der Waals surface area contributed by atoms with E-state index in [0.717, 1.165) is 17.0 Å². The molecule has 2 unspecified atom stereocenters. The predicted octanol–water partition coefficient (Wildman–Crippen LogP) is 0.349. The number of ether oxygens (including phenoxy) is 1. The molecule has 1 aliphatic heterocycles. The molecule has 136 valence electrons. The fraction of sp³-hybridized carbons (Fsp3) is 0.250. The number of aromatic amines is 1. The number of esters is 1. The van der Waals surface area contributed by atoms with Crippen LogP contribution in [0.25, 0.3) is 0 Å². The lowest BCUT2D eigenvalue weighted by Crippen LogP contribution is -2.50. The Labute approximate surface area is 146 Å². The molecule has 0 saturated carbocycles. The third-order valence-corrected chi connectivity index (χ3v) is 3.97. The number of amides is 1. The summed E-state index contributed by atoms with van der Waals surface area (Å²) < 4.78 is 18.2. The first kappa shape index (κ1) is 17.5. The number of anilines is 3. The summed E-state index contributed by atoms with van der Waals surface area (Å²) in [5.41, 5.74) is 11.1. The molecule has 0 aliphatic carbocycles. The Hall–Kier alpha value is -3.27. The summed E-state index contributed by atoms with van der Waals surface area (Å²) in [6, 6.07) is 3.63. The van der Waals surface area contributed by atoms with Gasteiger partial charge in [0.1, 0.15) is 5.82 Å². The van der Waals surface area contributed by atoms with Crippen LogP contribution in [0.15, 0.2) is 29.1 Å². The van der Waals surface area contributed by atoms with Gasteiger partial charge in [-0.1, -0.05) is 0 Å². The number of carbonyl (C=O) groups is 2. The summed E-state index contributed by atoms with van der Waals surface area (Å²) in [7, 11) is 0. The Morgan fingerprint density at radius 1 is 1.35 bits per heavy atom. The molecular weight excluding hydrogens is 345 g/mol. The van der Waals surface area contributed by atoms with E-state index in [1.807, 2.05) is 0 Å². The third-order valence-electron chi connectivity index (χ3n) is 3.97. The van der Waals surface area contributed by atoms with E-state index in [4.69, 9.17) is 16.2 Å². The van der Waals surface area contributed by atoms with Gasteiger partial charge in [-0.25, -0.2) is 4.39 Å². The second-order valence-electron chi connectivity index (χ2n) is 5.59. The maximum absolute atomic E-state index is 13.3. The summed E-state index contributed by atoms with van der Waals surface area (Å²) in [4.78, 5) is 44.9. The number of rotatable bonds is 3. The lowest BCUT2D eigenvalue weighted by Gasteiger charge is -2.35. The molecule has 1 aromatic carbocycles. The number of hydrogen-bond acceptors (Lipinski definition) is 7. The number of benzene rings is 1. The average Bonchev–Trinajstić information content (AvgIpc) is 2.56. The Morgan fingerprint density at radius 3 is 2.62 bits per heavy atom. The van der Waals surface area contributed by atoms with Crippen molar-refractivity contribution in [3.63, 3.8) is 0 Å². The van der Waals surface area contributed by atoms with E-state index in [1.165, 1.54) is 12.1 Å². The van der Waals surface area contributed by atoms with Crippen LogP contribution in [0.3, 0.4) is 0 Å². The van der Waals surface area contributed by atoms with E-state index < -0.39 is 35.2 Å². The summed E-state index contributed by atoms with van der Waals surface area (Å²) in [5, 5.41) is 0. The van der Waals surface area contributed by atoms with Crippen LogP contribution in [0, 0.1) is 11.7 Å². The fourth-order valence-electron chi connectivity index (χ4n) is 2.84. The molecule has 26 heavy (non-hydrogen) atoms. The molecule has 9 nitrogen and oxygen atoms in total. The first-order valence-electron chi connectivity index (χ1n) is 7.76. The molecule has 0 fully saturated rings. The highest BCUT2D eigenvalue weighted by Crippen LogP contribution is 2.38. The van der Waals surface area contributed by atoms with E-state index in [-0.39, 0.29) is 29.6 Å². The molecular formula is C16H16FN5O4. The number of nitrogens with two attached hydrogens (primary N) is 2. The van der Waals surface area contributed by atoms with E-state index in [9.17, 15) is 18.8 Å². The topological polar surface area (TPSA) is 144 Å². The highest BCUT2D eigenvalue weighted by molar-refractivity contribution is 6.12. The van der Waals surface area contributed by atoms with Crippen molar-refractivity contribution < 1.29 is 18.7 Å². The first-order chi connectivity index (χ1) is 12.3. The summed E-state index contributed by atoms with van der Waals surface area (Å²) in [5.74, 6) is -3.90. The lowest BCUT2D eigenvalue weighted by atomic mass is 9.89. The number of nitrogens with zero attached hydrogens (tertiary/aromatic N) is 2. The SMILES string of the molecule is CCOC(=O)C1C(=O)N(c2ccc(F)cc2)c2nc(N)[nH]c(=O)c2C1N. The number of aromatic nitrogens is 2. The molecule has 1 aromatic heterocycles. The minimum absolute atomic E-state index is 0.0368. The van der Waals surface area contributed by atoms with Gasteiger partial charge in [0.05, 0.1) is 23.9 Å². The number of H-pyrrole nitrogens is 1. The number of fused-ring (bicyclic) bond motifs is 1. The lowest BCUT2D eigenvalue weighted by molar-refractivity contribution is -0.152. The Balaban J connectivity index is 2.23. The number of halogens is 1. The molecule has 2 atom stereocenters. The first-order valence-corrected chi connectivity index (χ1v) is 7.76. The van der Waals surface area contributed by atoms with Gasteiger partial charge in [0.2, 0.25) is 11.9 Å². The van der Waals surface area contributed by atoms with Crippen molar-refractivity contribution in [2.24, 2.45) is 11.7 Å². The van der Waals surface area contributed by atoms with Crippen molar-refractivity contribution in [3.05, 3.63) is 46.0 Å². The Morgan fingerprint density at radius 2 is 2.00 bits per heavy atom. The van der Waals surface area contributed by atoms with Gasteiger partial charge in [0, 0.05) is 0 Å². The second kappa shape index (κ2) is 6.56. The van der Waals surface area contributed by atoms with Crippen LogP contribution in [-0.4, -0.2) is 28.5 Å². The minimum atomic E-state index is -1.45. The molecule has 0 saturated heterocycles. The largest absolute Gasteiger partial charge is 0.465 e. The summed E-state index contributed by atoms with van der Waals surface area (Å²) >= 11 is 0. The predicted molar refractivity (Wildman–Crippen MR) is 89.9 cm³/mol. The smallest absolute Gasteiger partial charge is 0.320 e. The number of nitrogen functional groups attached to an aromatic ring is 1. The van der Waals surface area contributed by atoms with Gasteiger partial charge < -0.3 is 16.2 Å². The molecule has 3 rings (SSSR count). The fourth-order valence-corrected chi connectivity index (χ4v) is 2.84. The zero-order valence-electron chi connectivity index (χ0n) is 13.7. The Bertz CT molecular complexity index is 927. The molecule has 2 aromatic rings. The van der Waals surface area contributed by atoms with Crippen LogP contribution in [0.4, 0.5) is 21.8 Å². The van der Waals surface area contributed by atoms with Gasteiger partial charge in [0.15, 0.2) is 11.7 Å². The van der Waals surface area contributed by atoms with Crippen LogP contribution in [0.5, 0.6) is 0 Å². The van der Waals surface area contributed by atoms with E-state index >= 15 is 0 Å². The van der Waals surface area contributed by atoms with Crippen molar-refractivity contribution in [1.82, 2.24) is 9.97 Å². The standard InChI is InChI=1S/C16H16FN5O4/c1-2-26-15(25)10-11(18)9-12(20-16(19)21-13(9)23)22(14(10)24)8-5-3-7(17)4-6-8/h3-6,10-11H,2,18H2,1H3,(H3,19,20,21,23). The van der Waals surface area contributed by atoms with Gasteiger partial charge in [-0.05, 0) is 31.2 Å². The second-order valence-corrected chi connectivity index (χ2v) is 5.59. The van der Waals surface area contributed by atoms with Crippen LogP contribution in [0.1, 0.15) is 18.5 Å². The highest BCUT2D eigenvalue weighted by Gasteiger charge is 2.47. The van der Waals surface area contributed by atoms with Crippen molar-refractivity contribution >= 4 is 29.3 Å². The van der Waals surface area contributed by atoms with Crippen molar-refractivity contribution in [1.29, 1.82) is 0 Å². The number of carbonyl (C=O) groups excluding carboxylic acids is 2. The quantitative estimate of drug-likeness (QED) is 0.528. The van der Waals surface area contributed by atoms with Crippen molar-refractivity contribution in [2.45, 2.75) is 13.0 Å². The van der Waals surface area contributed by atoms with Gasteiger partial charge in [-0.2, -0.15) is 4.98 Å². The van der Waals surface area contributed by atoms with Gasteiger partial charge in [0.25, 0.3) is 5.56 Å². The van der Waals surface area contributed by atoms with E-state index in [0.29, 0.717) is 0 Å². The van der Waals surface area contributed by atoms with Crippen molar-refractivity contribution in [3.8, 4) is 0 Å². The number of hydrogen-bond donors (Lipinski definition) is 3. The maximum atomic E-state index is 13.3. The van der Waals surface area contributed by atoms with Crippen molar-refractivity contribution in [2.75, 3.05) is 17.2 Å². The zero-order valence-corrected chi connectivity index (χ0v) is 13.7.